The van der Waals surface area contributed by atoms with Crippen LogP contribution in [0.1, 0.15) is 29.5 Å². The summed E-state index contributed by atoms with van der Waals surface area (Å²) in [5.41, 5.74) is 3.51. The third kappa shape index (κ3) is 3.35. The van der Waals surface area contributed by atoms with Gasteiger partial charge in [0.2, 0.25) is 0 Å². The summed E-state index contributed by atoms with van der Waals surface area (Å²) in [4.78, 5) is 15.2. The molecule has 4 rings (SSSR count). The van der Waals surface area contributed by atoms with Crippen molar-refractivity contribution >= 4 is 28.3 Å². The Bertz CT molecular complexity index is 1000. The fraction of sp³-hybridized carbons (Fsp3) is 0.450. The fourth-order valence-electron chi connectivity index (χ4n) is 3.74. The lowest BCUT2D eigenvalue weighted by molar-refractivity contribution is 0.101. The molecule has 0 unspecified atom stereocenters. The molecule has 0 atom stereocenters. The minimum Gasteiger partial charge on any atom is -0.378 e. The highest BCUT2D eigenvalue weighted by Gasteiger charge is 2.21. The number of fused-ring (bicyclic) bond motifs is 1. The van der Waals surface area contributed by atoms with E-state index in [1.807, 2.05) is 25.2 Å². The van der Waals surface area contributed by atoms with Crippen LogP contribution in [0.25, 0.3) is 10.9 Å². The first kappa shape index (κ1) is 18.5. The monoisotopic (exact) mass is 382 g/mol. The lowest BCUT2D eigenvalue weighted by Gasteiger charge is -2.29. The van der Waals surface area contributed by atoms with E-state index in [0.29, 0.717) is 24.7 Å². The highest BCUT2D eigenvalue weighted by atomic mass is 16.5. The van der Waals surface area contributed by atoms with Gasteiger partial charge in [-0.15, -0.1) is 0 Å². The molecule has 148 valence electrons. The molecule has 3 aromatic rings. The Kier molecular flexibility index (Phi) is 5.04. The Hall–Kier alpha value is -2.87. The maximum Gasteiger partial charge on any atom is 0.275 e. The Labute approximate surface area is 164 Å². The van der Waals surface area contributed by atoms with Crippen molar-refractivity contribution in [2.45, 2.75) is 19.8 Å². The van der Waals surface area contributed by atoms with Crippen molar-refractivity contribution in [2.75, 3.05) is 36.5 Å². The molecular weight excluding hydrogens is 356 g/mol. The lowest BCUT2D eigenvalue weighted by Crippen LogP contribution is -2.36. The minimum absolute atomic E-state index is 0.200. The van der Waals surface area contributed by atoms with Crippen LogP contribution in [0.15, 0.2) is 24.3 Å². The number of ether oxygens (including phenoxy) is 1. The molecule has 1 amide bonds. The molecule has 0 radical (unpaired) electrons. The molecule has 1 aliphatic rings. The number of hydrogen-bond donors (Lipinski definition) is 1. The van der Waals surface area contributed by atoms with Crippen LogP contribution < -0.4 is 10.2 Å². The number of amides is 1. The zero-order chi connectivity index (χ0) is 19.7. The number of nitrogens with zero attached hydrogens (tertiary/aromatic N) is 5. The van der Waals surface area contributed by atoms with Crippen LogP contribution >= 0.6 is 0 Å². The number of nitrogens with one attached hydrogen (secondary N) is 1. The van der Waals surface area contributed by atoms with Gasteiger partial charge in [-0.1, -0.05) is 19.4 Å². The molecule has 28 heavy (non-hydrogen) atoms. The van der Waals surface area contributed by atoms with E-state index in [9.17, 15) is 4.79 Å². The van der Waals surface area contributed by atoms with E-state index >= 15 is 0 Å². The second-order valence-corrected chi connectivity index (χ2v) is 7.09. The molecule has 1 fully saturated rings. The summed E-state index contributed by atoms with van der Waals surface area (Å²) < 4.78 is 8.92. The van der Waals surface area contributed by atoms with Crippen LogP contribution in [0.3, 0.4) is 0 Å². The highest BCUT2D eigenvalue weighted by molar-refractivity contribution is 6.10. The molecule has 0 spiro atoms. The van der Waals surface area contributed by atoms with Crippen LogP contribution in [-0.4, -0.2) is 51.8 Å². The van der Waals surface area contributed by atoms with E-state index < -0.39 is 0 Å². The van der Waals surface area contributed by atoms with Gasteiger partial charge in [0.05, 0.1) is 35.5 Å². The maximum atomic E-state index is 12.9. The van der Waals surface area contributed by atoms with Crippen molar-refractivity contribution in [2.24, 2.45) is 14.1 Å². The number of hydrogen-bond acceptors (Lipinski definition) is 5. The predicted molar refractivity (Wildman–Crippen MR) is 109 cm³/mol. The summed E-state index contributed by atoms with van der Waals surface area (Å²) in [5.74, 6) is 0.372. The molecule has 0 bridgehead atoms. The normalized spacial score (nSPS) is 14.6. The average Bonchev–Trinajstić information content (AvgIpc) is 3.22. The molecule has 0 saturated carbocycles. The van der Waals surface area contributed by atoms with Gasteiger partial charge in [-0.2, -0.15) is 10.2 Å². The summed E-state index contributed by atoms with van der Waals surface area (Å²) in [6.45, 7) is 5.15. The number of aryl methyl sites for hydroxylation is 3. The van der Waals surface area contributed by atoms with Crippen LogP contribution in [-0.2, 0) is 25.3 Å². The van der Waals surface area contributed by atoms with Crippen LogP contribution in [0.2, 0.25) is 0 Å². The van der Waals surface area contributed by atoms with E-state index in [-0.39, 0.29) is 5.91 Å². The highest BCUT2D eigenvalue weighted by Crippen LogP contribution is 2.33. The van der Waals surface area contributed by atoms with Gasteiger partial charge in [0.25, 0.3) is 5.91 Å². The van der Waals surface area contributed by atoms with Crippen molar-refractivity contribution in [1.29, 1.82) is 0 Å². The number of morpholine rings is 1. The fourth-order valence-corrected chi connectivity index (χ4v) is 3.74. The molecule has 8 nitrogen and oxygen atoms in total. The predicted octanol–water partition coefficient (Wildman–Crippen LogP) is 2.35. The number of carbonyl (C=O) groups is 1. The molecule has 8 heteroatoms. The molecule has 1 N–H and O–H groups in total. The number of carbonyl (C=O) groups excluding carboxylic acids is 1. The standard InChI is InChI=1S/C20H26N6O2/c1-4-6-14-13-17(25(3)22-14)20(27)21-19-18-15(24(2)23-19)7-5-8-16(18)26-9-11-28-12-10-26/h5,7-8,13H,4,6,9-12H2,1-3H3,(H,21,23,27). The number of anilines is 2. The molecule has 2 aromatic heterocycles. The van der Waals surface area contributed by atoms with Gasteiger partial charge in [0, 0.05) is 27.2 Å². The first-order chi connectivity index (χ1) is 13.6. The summed E-state index contributed by atoms with van der Waals surface area (Å²) in [7, 11) is 3.69. The van der Waals surface area contributed by atoms with Crippen molar-refractivity contribution in [3.8, 4) is 0 Å². The Morgan fingerprint density at radius 1 is 1.18 bits per heavy atom. The summed E-state index contributed by atoms with van der Waals surface area (Å²) in [5, 5.41) is 13.0. The number of benzene rings is 1. The third-order valence-electron chi connectivity index (χ3n) is 5.11. The molecule has 1 saturated heterocycles. The second kappa shape index (κ2) is 7.63. The van der Waals surface area contributed by atoms with Gasteiger partial charge < -0.3 is 15.0 Å². The van der Waals surface area contributed by atoms with Crippen LogP contribution in [0.4, 0.5) is 11.5 Å². The van der Waals surface area contributed by atoms with Gasteiger partial charge >= 0.3 is 0 Å². The Morgan fingerprint density at radius 3 is 2.71 bits per heavy atom. The van der Waals surface area contributed by atoms with Gasteiger partial charge in [-0.25, -0.2) is 0 Å². The van der Waals surface area contributed by atoms with Crippen molar-refractivity contribution in [1.82, 2.24) is 19.6 Å². The smallest absolute Gasteiger partial charge is 0.275 e. The van der Waals surface area contributed by atoms with Crippen molar-refractivity contribution < 1.29 is 9.53 Å². The first-order valence-corrected chi connectivity index (χ1v) is 9.71. The van der Waals surface area contributed by atoms with E-state index in [2.05, 4.69) is 33.4 Å². The van der Waals surface area contributed by atoms with E-state index in [1.165, 1.54) is 0 Å². The quantitative estimate of drug-likeness (QED) is 0.733. The Balaban J connectivity index is 1.69. The minimum atomic E-state index is -0.200. The topological polar surface area (TPSA) is 77.2 Å². The zero-order valence-electron chi connectivity index (χ0n) is 16.6. The van der Waals surface area contributed by atoms with Gasteiger partial charge in [0.15, 0.2) is 5.82 Å². The molecule has 1 aromatic carbocycles. The Morgan fingerprint density at radius 2 is 1.96 bits per heavy atom. The van der Waals surface area contributed by atoms with E-state index in [1.54, 1.807) is 16.4 Å². The van der Waals surface area contributed by atoms with Gasteiger partial charge in [0.1, 0.15) is 5.69 Å². The van der Waals surface area contributed by atoms with Crippen LogP contribution in [0.5, 0.6) is 0 Å². The third-order valence-corrected chi connectivity index (χ3v) is 5.11. The molecular formula is C20H26N6O2. The van der Waals surface area contributed by atoms with Crippen molar-refractivity contribution in [3.63, 3.8) is 0 Å². The number of rotatable bonds is 5. The SMILES string of the molecule is CCCc1cc(C(=O)Nc2nn(C)c3cccc(N4CCOCC4)c23)n(C)n1. The number of aromatic nitrogens is 4. The van der Waals surface area contributed by atoms with Gasteiger partial charge in [-0.3, -0.25) is 14.2 Å². The summed E-state index contributed by atoms with van der Waals surface area (Å²) >= 11 is 0. The molecule has 0 aliphatic carbocycles. The van der Waals surface area contributed by atoms with E-state index in [0.717, 1.165) is 48.2 Å². The summed E-state index contributed by atoms with van der Waals surface area (Å²) in [6.07, 6.45) is 1.85. The van der Waals surface area contributed by atoms with Gasteiger partial charge in [-0.05, 0) is 24.6 Å². The molecule has 3 heterocycles. The van der Waals surface area contributed by atoms with E-state index in [4.69, 9.17) is 4.74 Å². The lowest BCUT2D eigenvalue weighted by atomic mass is 10.1. The first-order valence-electron chi connectivity index (χ1n) is 9.71. The maximum absolute atomic E-state index is 12.9. The zero-order valence-corrected chi connectivity index (χ0v) is 16.6. The van der Waals surface area contributed by atoms with Crippen LogP contribution in [0, 0.1) is 0 Å². The summed E-state index contributed by atoms with van der Waals surface area (Å²) in [6, 6.07) is 7.98. The largest absolute Gasteiger partial charge is 0.378 e. The molecule has 1 aliphatic heterocycles. The average molecular weight is 382 g/mol. The van der Waals surface area contributed by atoms with Crippen molar-refractivity contribution in [3.05, 3.63) is 35.7 Å². The second-order valence-electron chi connectivity index (χ2n) is 7.09.